The van der Waals surface area contributed by atoms with Crippen molar-refractivity contribution < 1.29 is 4.74 Å². The maximum absolute atomic E-state index is 5.58. The molecule has 0 fully saturated rings. The minimum Gasteiger partial charge on any atom is -0.383 e. The number of pyridine rings is 1. The van der Waals surface area contributed by atoms with Crippen LogP contribution >= 0.6 is 0 Å². The number of ether oxygens (including phenoxy) is 1. The van der Waals surface area contributed by atoms with Gasteiger partial charge in [-0.3, -0.25) is 9.88 Å². The minimum absolute atomic E-state index is 0.691. The lowest BCUT2D eigenvalue weighted by molar-refractivity contribution is 0.150. The first-order valence-corrected chi connectivity index (χ1v) is 5.67. The predicted molar refractivity (Wildman–Crippen MR) is 65.3 cm³/mol. The van der Waals surface area contributed by atoms with Crippen molar-refractivity contribution >= 4 is 0 Å². The highest BCUT2D eigenvalue weighted by Crippen LogP contribution is 1.99. The molecule has 0 radical (unpaired) electrons. The number of nitrogens with zero attached hydrogens (tertiary/aromatic N) is 2. The van der Waals surface area contributed by atoms with Crippen LogP contribution in [0.1, 0.15) is 5.56 Å². The second-order valence-electron chi connectivity index (χ2n) is 3.73. The molecule has 0 aliphatic carbocycles. The third-order valence-electron chi connectivity index (χ3n) is 2.50. The maximum Gasteiger partial charge on any atom is 0.0589 e. The van der Waals surface area contributed by atoms with Crippen LogP contribution < -0.4 is 5.73 Å². The molecular formula is C12H21N3O. The van der Waals surface area contributed by atoms with Gasteiger partial charge in [0.25, 0.3) is 0 Å². The molecule has 0 unspecified atom stereocenters. The van der Waals surface area contributed by atoms with Crippen LogP contribution in [0.15, 0.2) is 24.5 Å². The van der Waals surface area contributed by atoms with E-state index in [0.717, 1.165) is 32.7 Å². The van der Waals surface area contributed by atoms with E-state index in [4.69, 9.17) is 10.5 Å². The first kappa shape index (κ1) is 13.1. The van der Waals surface area contributed by atoms with Gasteiger partial charge in [-0.2, -0.15) is 0 Å². The van der Waals surface area contributed by atoms with Gasteiger partial charge in [0.05, 0.1) is 6.61 Å². The number of hydrogen-bond donors (Lipinski definition) is 1. The highest BCUT2D eigenvalue weighted by molar-refractivity contribution is 5.08. The van der Waals surface area contributed by atoms with E-state index in [1.54, 1.807) is 13.3 Å². The topological polar surface area (TPSA) is 51.4 Å². The van der Waals surface area contributed by atoms with Crippen molar-refractivity contribution in [1.82, 2.24) is 9.88 Å². The molecule has 16 heavy (non-hydrogen) atoms. The van der Waals surface area contributed by atoms with E-state index in [1.807, 2.05) is 12.3 Å². The van der Waals surface area contributed by atoms with E-state index < -0.39 is 0 Å². The molecule has 0 spiro atoms. The molecule has 0 aliphatic rings. The molecule has 4 heteroatoms. The Bertz CT molecular complexity index is 266. The van der Waals surface area contributed by atoms with Gasteiger partial charge in [-0.15, -0.1) is 0 Å². The zero-order valence-electron chi connectivity index (χ0n) is 9.93. The Labute approximate surface area is 97.4 Å². The first-order valence-electron chi connectivity index (χ1n) is 5.67. The van der Waals surface area contributed by atoms with E-state index >= 15 is 0 Å². The normalized spacial score (nSPS) is 10.9. The van der Waals surface area contributed by atoms with E-state index in [0.29, 0.717) is 6.54 Å². The number of hydrogen-bond acceptors (Lipinski definition) is 4. The zero-order valence-corrected chi connectivity index (χ0v) is 9.93. The van der Waals surface area contributed by atoms with Crippen molar-refractivity contribution in [2.24, 2.45) is 5.73 Å². The smallest absolute Gasteiger partial charge is 0.0589 e. The van der Waals surface area contributed by atoms with Crippen molar-refractivity contribution in [2.75, 3.05) is 39.9 Å². The number of nitrogens with two attached hydrogens (primary N) is 1. The van der Waals surface area contributed by atoms with Gasteiger partial charge in [-0.25, -0.2) is 0 Å². The van der Waals surface area contributed by atoms with E-state index in [9.17, 15) is 0 Å². The number of methoxy groups -OCH3 is 1. The Morgan fingerprint density at radius 3 is 2.88 bits per heavy atom. The molecular weight excluding hydrogens is 202 g/mol. The van der Waals surface area contributed by atoms with Crippen LogP contribution in [0.3, 0.4) is 0 Å². The summed E-state index contributed by atoms with van der Waals surface area (Å²) in [6.45, 7) is 4.31. The standard InChI is InChI=1S/C12H21N3O/c1-16-10-9-15(8-5-13)7-4-12-3-2-6-14-11-12/h2-3,6,11H,4-5,7-10,13H2,1H3. The molecule has 2 N–H and O–H groups in total. The summed E-state index contributed by atoms with van der Waals surface area (Å²) in [6, 6.07) is 4.07. The van der Waals surface area contributed by atoms with Gasteiger partial charge in [0.15, 0.2) is 0 Å². The monoisotopic (exact) mass is 223 g/mol. The Morgan fingerprint density at radius 1 is 1.38 bits per heavy atom. The molecule has 1 heterocycles. The summed E-state index contributed by atoms with van der Waals surface area (Å²) < 4.78 is 5.08. The highest BCUT2D eigenvalue weighted by atomic mass is 16.5. The lowest BCUT2D eigenvalue weighted by Crippen LogP contribution is -2.34. The molecule has 1 aromatic heterocycles. The van der Waals surface area contributed by atoms with E-state index in [-0.39, 0.29) is 0 Å². The van der Waals surface area contributed by atoms with Crippen molar-refractivity contribution in [3.05, 3.63) is 30.1 Å². The second-order valence-corrected chi connectivity index (χ2v) is 3.73. The fourth-order valence-corrected chi connectivity index (χ4v) is 1.57. The van der Waals surface area contributed by atoms with Gasteiger partial charge in [-0.1, -0.05) is 6.07 Å². The quantitative estimate of drug-likeness (QED) is 0.698. The Kier molecular flexibility index (Phi) is 6.72. The van der Waals surface area contributed by atoms with Crippen LogP contribution in [-0.4, -0.2) is 49.8 Å². The fourth-order valence-electron chi connectivity index (χ4n) is 1.57. The zero-order chi connectivity index (χ0) is 11.6. The summed E-state index contributed by atoms with van der Waals surface area (Å²) in [5, 5.41) is 0. The van der Waals surface area contributed by atoms with Crippen molar-refractivity contribution in [1.29, 1.82) is 0 Å². The summed E-state index contributed by atoms with van der Waals surface area (Å²) in [5.41, 5.74) is 6.84. The van der Waals surface area contributed by atoms with Crippen LogP contribution in [0.5, 0.6) is 0 Å². The Hall–Kier alpha value is -0.970. The first-order chi connectivity index (χ1) is 7.86. The third-order valence-corrected chi connectivity index (χ3v) is 2.50. The minimum atomic E-state index is 0.691. The van der Waals surface area contributed by atoms with Crippen LogP contribution in [0.2, 0.25) is 0 Å². The van der Waals surface area contributed by atoms with Gasteiger partial charge in [0.2, 0.25) is 0 Å². The molecule has 1 rings (SSSR count). The maximum atomic E-state index is 5.58. The number of aromatic nitrogens is 1. The van der Waals surface area contributed by atoms with Gasteiger partial charge in [-0.05, 0) is 18.1 Å². The van der Waals surface area contributed by atoms with E-state index in [1.165, 1.54) is 5.56 Å². The van der Waals surface area contributed by atoms with E-state index in [2.05, 4.69) is 16.0 Å². The SMILES string of the molecule is COCCN(CCN)CCc1cccnc1. The molecule has 1 aromatic rings. The van der Waals surface area contributed by atoms with Gasteiger partial charge in [0, 0.05) is 45.7 Å². The van der Waals surface area contributed by atoms with Crippen molar-refractivity contribution in [3.63, 3.8) is 0 Å². The lowest BCUT2D eigenvalue weighted by atomic mass is 10.2. The van der Waals surface area contributed by atoms with Crippen LogP contribution in [0.25, 0.3) is 0 Å². The highest BCUT2D eigenvalue weighted by Gasteiger charge is 2.03. The lowest BCUT2D eigenvalue weighted by Gasteiger charge is -2.20. The Balaban J connectivity index is 2.31. The Morgan fingerprint density at radius 2 is 2.25 bits per heavy atom. The molecule has 4 nitrogen and oxygen atoms in total. The van der Waals surface area contributed by atoms with Gasteiger partial charge in [0.1, 0.15) is 0 Å². The van der Waals surface area contributed by atoms with Gasteiger partial charge >= 0.3 is 0 Å². The molecule has 0 saturated carbocycles. The second kappa shape index (κ2) is 8.21. The molecule has 0 aromatic carbocycles. The molecule has 0 amide bonds. The predicted octanol–water partition coefficient (Wildman–Crippen LogP) is 0.531. The fraction of sp³-hybridized carbons (Fsp3) is 0.583. The van der Waals surface area contributed by atoms with Crippen LogP contribution in [0, 0.1) is 0 Å². The summed E-state index contributed by atoms with van der Waals surface area (Å²) >= 11 is 0. The molecule has 90 valence electrons. The summed E-state index contributed by atoms with van der Waals surface area (Å²) in [4.78, 5) is 6.42. The molecule has 0 saturated heterocycles. The molecule has 0 bridgehead atoms. The summed E-state index contributed by atoms with van der Waals surface area (Å²) in [5.74, 6) is 0. The van der Waals surface area contributed by atoms with Crippen molar-refractivity contribution in [3.8, 4) is 0 Å². The van der Waals surface area contributed by atoms with Crippen molar-refractivity contribution in [2.45, 2.75) is 6.42 Å². The van der Waals surface area contributed by atoms with Crippen LogP contribution in [-0.2, 0) is 11.2 Å². The largest absolute Gasteiger partial charge is 0.383 e. The average molecular weight is 223 g/mol. The molecule has 0 aliphatic heterocycles. The average Bonchev–Trinajstić information content (AvgIpc) is 2.34. The third kappa shape index (κ3) is 5.21. The summed E-state index contributed by atoms with van der Waals surface area (Å²) in [7, 11) is 1.72. The summed E-state index contributed by atoms with van der Waals surface area (Å²) in [6.07, 6.45) is 4.72. The number of rotatable bonds is 8. The van der Waals surface area contributed by atoms with Crippen LogP contribution in [0.4, 0.5) is 0 Å². The van der Waals surface area contributed by atoms with Gasteiger partial charge < -0.3 is 10.5 Å². The molecule has 0 atom stereocenters.